The monoisotopic (exact) mass is 214 g/mol. The Labute approximate surface area is 83.9 Å². The van der Waals surface area contributed by atoms with E-state index in [1.165, 1.54) is 0 Å². The molecule has 0 saturated carbocycles. The van der Waals surface area contributed by atoms with Gasteiger partial charge < -0.3 is 0 Å². The molecule has 66 valence electrons. The van der Waals surface area contributed by atoms with Crippen molar-refractivity contribution in [3.8, 4) is 0 Å². The number of aldehydes is 1. The molecule has 2 heterocycles. The Morgan fingerprint density at radius 3 is 2.92 bits per heavy atom. The number of rotatable bonds is 1. The van der Waals surface area contributed by atoms with Crippen LogP contribution in [0.4, 0.5) is 0 Å². The van der Waals surface area contributed by atoms with Crippen molar-refractivity contribution in [2.75, 3.05) is 0 Å². The molecule has 0 spiro atoms. The second kappa shape index (κ2) is 3.01. The van der Waals surface area contributed by atoms with Gasteiger partial charge in [-0.25, -0.2) is 4.98 Å². The number of fused-ring (bicyclic) bond motifs is 1. The highest BCUT2D eigenvalue weighted by molar-refractivity contribution is 6.35. The molecule has 0 bridgehead atoms. The molecule has 2 rings (SSSR count). The maximum Gasteiger partial charge on any atom is 0.170 e. The van der Waals surface area contributed by atoms with Crippen molar-refractivity contribution >= 4 is 35.1 Å². The minimum absolute atomic E-state index is 0.170. The number of halogens is 2. The van der Waals surface area contributed by atoms with Crippen molar-refractivity contribution in [3.05, 3.63) is 34.2 Å². The highest BCUT2D eigenvalue weighted by atomic mass is 35.5. The summed E-state index contributed by atoms with van der Waals surface area (Å²) in [7, 11) is 0. The molecule has 0 aliphatic rings. The summed E-state index contributed by atoms with van der Waals surface area (Å²) < 4.78 is 1.55. The number of aromatic nitrogens is 2. The summed E-state index contributed by atoms with van der Waals surface area (Å²) in [6.45, 7) is 0. The lowest BCUT2D eigenvalue weighted by Crippen LogP contribution is -1.90. The fourth-order valence-electron chi connectivity index (χ4n) is 1.13. The first-order chi connectivity index (χ1) is 6.24. The first-order valence-corrected chi connectivity index (χ1v) is 4.27. The average Bonchev–Trinajstić information content (AvgIpc) is 2.43. The molecule has 0 atom stereocenters. The van der Waals surface area contributed by atoms with Gasteiger partial charge in [0.1, 0.15) is 5.69 Å². The number of pyridine rings is 1. The molecule has 2 aromatic rings. The van der Waals surface area contributed by atoms with Crippen molar-refractivity contribution in [3.63, 3.8) is 0 Å². The van der Waals surface area contributed by atoms with Gasteiger partial charge in [-0.3, -0.25) is 9.20 Å². The third kappa shape index (κ3) is 1.20. The van der Waals surface area contributed by atoms with E-state index in [1.54, 1.807) is 22.7 Å². The van der Waals surface area contributed by atoms with Gasteiger partial charge in [0, 0.05) is 6.20 Å². The van der Waals surface area contributed by atoms with E-state index < -0.39 is 0 Å². The lowest BCUT2D eigenvalue weighted by atomic mass is 10.4. The second-order valence-corrected chi connectivity index (χ2v) is 3.22. The van der Waals surface area contributed by atoms with Gasteiger partial charge in [-0.1, -0.05) is 23.2 Å². The third-order valence-electron chi connectivity index (χ3n) is 1.71. The third-order valence-corrected chi connectivity index (χ3v) is 2.28. The van der Waals surface area contributed by atoms with E-state index >= 15 is 0 Å². The van der Waals surface area contributed by atoms with E-state index in [9.17, 15) is 4.79 Å². The topological polar surface area (TPSA) is 34.4 Å². The van der Waals surface area contributed by atoms with E-state index in [0.29, 0.717) is 22.6 Å². The molecule has 13 heavy (non-hydrogen) atoms. The quantitative estimate of drug-likeness (QED) is 0.684. The summed E-state index contributed by atoms with van der Waals surface area (Å²) >= 11 is 11.6. The standard InChI is InChI=1S/C8H4Cl2N2O/c9-5-2-1-3-12-6(4-13)7(10)11-8(5)12/h1-4H. The number of nitrogens with zero attached hydrogens (tertiary/aromatic N) is 2. The smallest absolute Gasteiger partial charge is 0.170 e. The molecular formula is C8H4Cl2N2O. The fourth-order valence-corrected chi connectivity index (χ4v) is 1.55. The molecular weight excluding hydrogens is 211 g/mol. The zero-order valence-corrected chi connectivity index (χ0v) is 7.88. The van der Waals surface area contributed by atoms with Crippen LogP contribution in [-0.2, 0) is 0 Å². The van der Waals surface area contributed by atoms with Gasteiger partial charge in [0.2, 0.25) is 0 Å². The maximum absolute atomic E-state index is 10.6. The highest BCUT2D eigenvalue weighted by Crippen LogP contribution is 2.21. The van der Waals surface area contributed by atoms with E-state index in [-0.39, 0.29) is 5.15 Å². The predicted octanol–water partition coefficient (Wildman–Crippen LogP) is 2.45. The fraction of sp³-hybridized carbons (Fsp3) is 0. The molecule has 0 fully saturated rings. The molecule has 0 amide bonds. The van der Waals surface area contributed by atoms with Crippen molar-refractivity contribution in [2.45, 2.75) is 0 Å². The van der Waals surface area contributed by atoms with Gasteiger partial charge in [-0.2, -0.15) is 0 Å². The Kier molecular flexibility index (Phi) is 1.98. The molecule has 5 heteroatoms. The van der Waals surface area contributed by atoms with Crippen LogP contribution in [0.25, 0.3) is 5.65 Å². The first kappa shape index (κ1) is 8.53. The summed E-state index contributed by atoms with van der Waals surface area (Å²) in [6, 6.07) is 3.41. The number of hydrogen-bond donors (Lipinski definition) is 0. The van der Waals surface area contributed by atoms with Crippen LogP contribution in [0, 0.1) is 0 Å². The normalized spacial score (nSPS) is 10.6. The van der Waals surface area contributed by atoms with Gasteiger partial charge in [-0.05, 0) is 12.1 Å². The Morgan fingerprint density at radius 1 is 1.46 bits per heavy atom. The zero-order valence-electron chi connectivity index (χ0n) is 6.37. The molecule has 0 N–H and O–H groups in total. The van der Waals surface area contributed by atoms with Gasteiger partial charge in [0.15, 0.2) is 17.1 Å². The molecule has 0 aliphatic carbocycles. The van der Waals surface area contributed by atoms with Crippen LogP contribution in [0.1, 0.15) is 10.5 Å². The highest BCUT2D eigenvalue weighted by Gasteiger charge is 2.10. The number of hydrogen-bond acceptors (Lipinski definition) is 2. The Balaban J connectivity index is 2.93. The van der Waals surface area contributed by atoms with Gasteiger partial charge >= 0.3 is 0 Å². The van der Waals surface area contributed by atoms with Crippen molar-refractivity contribution in [1.29, 1.82) is 0 Å². The van der Waals surface area contributed by atoms with Crippen LogP contribution in [-0.4, -0.2) is 15.7 Å². The summed E-state index contributed by atoms with van der Waals surface area (Å²) in [6.07, 6.45) is 2.34. The predicted molar refractivity (Wildman–Crippen MR) is 50.6 cm³/mol. The Hall–Kier alpha value is -1.06. The van der Waals surface area contributed by atoms with Crippen molar-refractivity contribution < 1.29 is 4.79 Å². The molecule has 3 nitrogen and oxygen atoms in total. The van der Waals surface area contributed by atoms with Crippen LogP contribution in [0.2, 0.25) is 10.2 Å². The van der Waals surface area contributed by atoms with Crippen LogP contribution < -0.4 is 0 Å². The minimum atomic E-state index is 0.170. The average molecular weight is 215 g/mol. The lowest BCUT2D eigenvalue weighted by Gasteiger charge is -1.94. The summed E-state index contributed by atoms with van der Waals surface area (Å²) in [4.78, 5) is 14.6. The lowest BCUT2D eigenvalue weighted by molar-refractivity contribution is 0.111. The molecule has 0 aromatic carbocycles. The van der Waals surface area contributed by atoms with E-state index in [0.717, 1.165) is 0 Å². The van der Waals surface area contributed by atoms with Gasteiger partial charge in [-0.15, -0.1) is 0 Å². The summed E-state index contributed by atoms with van der Waals surface area (Å²) in [5, 5.41) is 0.639. The summed E-state index contributed by atoms with van der Waals surface area (Å²) in [5.74, 6) is 0. The van der Waals surface area contributed by atoms with Crippen LogP contribution in [0.5, 0.6) is 0 Å². The van der Waals surface area contributed by atoms with Crippen molar-refractivity contribution in [1.82, 2.24) is 9.38 Å². The largest absolute Gasteiger partial charge is 0.296 e. The number of carbonyl (C=O) groups is 1. The van der Waals surface area contributed by atoms with Gasteiger partial charge in [0.25, 0.3) is 0 Å². The van der Waals surface area contributed by atoms with Crippen LogP contribution in [0.3, 0.4) is 0 Å². The zero-order chi connectivity index (χ0) is 9.42. The number of carbonyl (C=O) groups excluding carboxylic acids is 1. The van der Waals surface area contributed by atoms with E-state index in [4.69, 9.17) is 23.2 Å². The van der Waals surface area contributed by atoms with Crippen molar-refractivity contribution in [2.24, 2.45) is 0 Å². The SMILES string of the molecule is O=Cc1c(Cl)nc2c(Cl)cccn12. The second-order valence-electron chi connectivity index (χ2n) is 2.46. The molecule has 0 saturated heterocycles. The maximum atomic E-state index is 10.6. The number of imidazole rings is 1. The Morgan fingerprint density at radius 2 is 2.23 bits per heavy atom. The van der Waals surface area contributed by atoms with Crippen LogP contribution in [0.15, 0.2) is 18.3 Å². The molecule has 2 aromatic heterocycles. The molecule has 0 aliphatic heterocycles. The minimum Gasteiger partial charge on any atom is -0.296 e. The van der Waals surface area contributed by atoms with E-state index in [2.05, 4.69) is 4.98 Å². The van der Waals surface area contributed by atoms with Crippen LogP contribution >= 0.6 is 23.2 Å². The van der Waals surface area contributed by atoms with Gasteiger partial charge in [0.05, 0.1) is 5.02 Å². The summed E-state index contributed by atoms with van der Waals surface area (Å²) in [5.41, 5.74) is 0.815. The first-order valence-electron chi connectivity index (χ1n) is 3.51. The molecule has 0 unspecified atom stereocenters. The Bertz CT molecular complexity index is 478. The van der Waals surface area contributed by atoms with E-state index in [1.807, 2.05) is 0 Å². The molecule has 0 radical (unpaired) electrons.